The molecule has 104 valence electrons. The van der Waals surface area contributed by atoms with Gasteiger partial charge in [-0.3, -0.25) is 5.43 Å². The van der Waals surface area contributed by atoms with Gasteiger partial charge in [0.05, 0.1) is 0 Å². The van der Waals surface area contributed by atoms with E-state index in [9.17, 15) is 0 Å². The van der Waals surface area contributed by atoms with E-state index >= 15 is 0 Å². The van der Waals surface area contributed by atoms with Crippen molar-refractivity contribution in [2.45, 2.75) is 24.8 Å². The lowest BCUT2D eigenvalue weighted by Crippen LogP contribution is -2.56. The van der Waals surface area contributed by atoms with Crippen LogP contribution in [0.25, 0.3) is 0 Å². The van der Waals surface area contributed by atoms with Gasteiger partial charge in [-0.2, -0.15) is 0 Å². The molecule has 1 saturated heterocycles. The van der Waals surface area contributed by atoms with Gasteiger partial charge in [0.25, 0.3) is 0 Å². The highest BCUT2D eigenvalue weighted by atomic mass is 79.9. The molecule has 3 nitrogen and oxygen atoms in total. The van der Waals surface area contributed by atoms with Gasteiger partial charge in [0, 0.05) is 36.7 Å². The molecule has 1 aromatic carbocycles. The maximum Gasteiger partial charge on any atom is 0.0259 e. The summed E-state index contributed by atoms with van der Waals surface area (Å²) < 4.78 is 1.19. The van der Waals surface area contributed by atoms with Gasteiger partial charge in [-0.1, -0.05) is 28.1 Å². The molecule has 1 N–H and O–H groups in total. The zero-order valence-corrected chi connectivity index (χ0v) is 13.1. The highest BCUT2D eigenvalue weighted by molar-refractivity contribution is 9.10. The molecule has 0 aromatic heterocycles. The van der Waals surface area contributed by atoms with E-state index in [4.69, 9.17) is 0 Å². The molecule has 1 aromatic rings. The normalized spacial score (nSPS) is 29.2. The Morgan fingerprint density at radius 3 is 2.58 bits per heavy atom. The van der Waals surface area contributed by atoms with Crippen molar-refractivity contribution in [3.63, 3.8) is 0 Å². The third-order valence-corrected chi connectivity index (χ3v) is 4.82. The van der Waals surface area contributed by atoms with Gasteiger partial charge in [-0.05, 0) is 43.5 Å². The SMILES string of the molecule is CN1CCN(NC2CC(c3cccc(Br)c3)C2)CC1. The number of benzene rings is 1. The summed E-state index contributed by atoms with van der Waals surface area (Å²) in [6.07, 6.45) is 2.53. The predicted octanol–water partition coefficient (Wildman–Crippen LogP) is 2.45. The monoisotopic (exact) mass is 323 g/mol. The Hall–Kier alpha value is -0.420. The van der Waals surface area contributed by atoms with Crippen LogP contribution >= 0.6 is 15.9 Å². The number of hydrogen-bond donors (Lipinski definition) is 1. The lowest BCUT2D eigenvalue weighted by molar-refractivity contribution is 0.0628. The maximum atomic E-state index is 3.69. The standard InChI is InChI=1S/C15H22BrN3/c1-18-5-7-19(8-6-18)17-15-10-13(11-15)12-3-2-4-14(16)9-12/h2-4,9,13,15,17H,5-8,10-11H2,1H3. The molecule has 19 heavy (non-hydrogen) atoms. The Bertz CT molecular complexity index is 423. The largest absolute Gasteiger partial charge is 0.304 e. The molecular weight excluding hydrogens is 302 g/mol. The van der Waals surface area contributed by atoms with Crippen LogP contribution in [0.1, 0.15) is 24.3 Å². The molecule has 2 fully saturated rings. The Balaban J connectivity index is 1.45. The van der Waals surface area contributed by atoms with Gasteiger partial charge >= 0.3 is 0 Å². The Morgan fingerprint density at radius 1 is 1.16 bits per heavy atom. The summed E-state index contributed by atoms with van der Waals surface area (Å²) >= 11 is 3.56. The molecule has 1 aliphatic heterocycles. The molecule has 2 aliphatic rings. The molecule has 1 heterocycles. The molecule has 1 saturated carbocycles. The van der Waals surface area contributed by atoms with Gasteiger partial charge in [0.2, 0.25) is 0 Å². The number of nitrogens with one attached hydrogen (secondary N) is 1. The molecule has 0 spiro atoms. The zero-order valence-electron chi connectivity index (χ0n) is 11.5. The summed E-state index contributed by atoms with van der Waals surface area (Å²) in [5.41, 5.74) is 5.16. The van der Waals surface area contributed by atoms with Crippen molar-refractivity contribution in [1.29, 1.82) is 0 Å². The van der Waals surface area contributed by atoms with E-state index in [1.165, 1.54) is 36.0 Å². The molecule has 3 rings (SSSR count). The van der Waals surface area contributed by atoms with Crippen LogP contribution < -0.4 is 5.43 Å². The average Bonchev–Trinajstić information content (AvgIpc) is 2.35. The minimum atomic E-state index is 0.674. The van der Waals surface area contributed by atoms with Crippen LogP contribution in [0, 0.1) is 0 Å². The van der Waals surface area contributed by atoms with Crippen molar-refractivity contribution >= 4 is 15.9 Å². The topological polar surface area (TPSA) is 18.5 Å². The minimum absolute atomic E-state index is 0.674. The highest BCUT2D eigenvalue weighted by Crippen LogP contribution is 2.37. The fourth-order valence-corrected chi connectivity index (χ4v) is 3.37. The number of piperazine rings is 1. The lowest BCUT2D eigenvalue weighted by Gasteiger charge is -2.42. The maximum absolute atomic E-state index is 3.69. The number of rotatable bonds is 3. The van der Waals surface area contributed by atoms with E-state index in [0.717, 1.165) is 19.0 Å². The molecule has 0 radical (unpaired) electrons. The van der Waals surface area contributed by atoms with Crippen molar-refractivity contribution in [3.05, 3.63) is 34.3 Å². The Kier molecular flexibility index (Phi) is 4.22. The third-order valence-electron chi connectivity index (χ3n) is 4.33. The van der Waals surface area contributed by atoms with Crippen LogP contribution in [0.15, 0.2) is 28.7 Å². The van der Waals surface area contributed by atoms with Crippen LogP contribution in [0.2, 0.25) is 0 Å². The van der Waals surface area contributed by atoms with Crippen molar-refractivity contribution < 1.29 is 0 Å². The second kappa shape index (κ2) is 5.92. The fraction of sp³-hybridized carbons (Fsp3) is 0.600. The van der Waals surface area contributed by atoms with E-state index in [1.807, 2.05) is 0 Å². The first-order valence-corrected chi connectivity index (χ1v) is 7.95. The molecule has 0 bridgehead atoms. The van der Waals surface area contributed by atoms with E-state index in [0.29, 0.717) is 6.04 Å². The van der Waals surface area contributed by atoms with Crippen molar-refractivity contribution in [2.75, 3.05) is 33.2 Å². The van der Waals surface area contributed by atoms with E-state index < -0.39 is 0 Å². The number of hydrogen-bond acceptors (Lipinski definition) is 3. The number of halogens is 1. The van der Waals surface area contributed by atoms with E-state index in [-0.39, 0.29) is 0 Å². The van der Waals surface area contributed by atoms with Gasteiger partial charge in [0.1, 0.15) is 0 Å². The smallest absolute Gasteiger partial charge is 0.0259 e. The molecule has 4 heteroatoms. The molecule has 0 unspecified atom stereocenters. The summed E-state index contributed by atoms with van der Waals surface area (Å²) in [5, 5.41) is 2.40. The van der Waals surface area contributed by atoms with Crippen LogP contribution in [-0.4, -0.2) is 49.2 Å². The first-order valence-electron chi connectivity index (χ1n) is 7.16. The van der Waals surface area contributed by atoms with Crippen molar-refractivity contribution in [3.8, 4) is 0 Å². The van der Waals surface area contributed by atoms with E-state index in [2.05, 4.69) is 62.6 Å². The van der Waals surface area contributed by atoms with Crippen LogP contribution in [-0.2, 0) is 0 Å². The first-order chi connectivity index (χ1) is 9.20. The summed E-state index contributed by atoms with van der Waals surface area (Å²) in [4.78, 5) is 2.39. The van der Waals surface area contributed by atoms with Crippen LogP contribution in [0.3, 0.4) is 0 Å². The predicted molar refractivity (Wildman–Crippen MR) is 82.1 cm³/mol. The Labute approximate surface area is 124 Å². The minimum Gasteiger partial charge on any atom is -0.304 e. The third kappa shape index (κ3) is 3.37. The van der Waals surface area contributed by atoms with Gasteiger partial charge in [-0.25, -0.2) is 5.01 Å². The van der Waals surface area contributed by atoms with Gasteiger partial charge < -0.3 is 4.90 Å². The zero-order chi connectivity index (χ0) is 13.2. The summed E-state index contributed by atoms with van der Waals surface area (Å²) in [7, 11) is 2.20. The highest BCUT2D eigenvalue weighted by Gasteiger charge is 2.31. The molecule has 0 atom stereocenters. The summed E-state index contributed by atoms with van der Waals surface area (Å²) in [6, 6.07) is 9.42. The van der Waals surface area contributed by atoms with Crippen LogP contribution in [0.5, 0.6) is 0 Å². The summed E-state index contributed by atoms with van der Waals surface area (Å²) in [6.45, 7) is 4.65. The van der Waals surface area contributed by atoms with Crippen LogP contribution in [0.4, 0.5) is 0 Å². The van der Waals surface area contributed by atoms with Crippen molar-refractivity contribution in [1.82, 2.24) is 15.3 Å². The second-order valence-electron chi connectivity index (χ2n) is 5.84. The number of likely N-dealkylation sites (N-methyl/N-ethyl adjacent to an activating group) is 1. The van der Waals surface area contributed by atoms with Gasteiger partial charge in [-0.15, -0.1) is 0 Å². The number of nitrogens with zero attached hydrogens (tertiary/aromatic N) is 2. The molecule has 1 aliphatic carbocycles. The van der Waals surface area contributed by atoms with Gasteiger partial charge in [0.15, 0.2) is 0 Å². The summed E-state index contributed by atoms with van der Waals surface area (Å²) in [5.74, 6) is 0.738. The van der Waals surface area contributed by atoms with E-state index in [1.54, 1.807) is 0 Å². The quantitative estimate of drug-likeness (QED) is 0.921. The first kappa shape index (κ1) is 13.6. The fourth-order valence-electron chi connectivity index (χ4n) is 2.95. The lowest BCUT2D eigenvalue weighted by atomic mass is 9.76. The second-order valence-corrected chi connectivity index (χ2v) is 6.76. The molecule has 0 amide bonds. The van der Waals surface area contributed by atoms with Crippen molar-refractivity contribution in [2.24, 2.45) is 0 Å². The number of hydrazine groups is 1. The Morgan fingerprint density at radius 2 is 1.89 bits per heavy atom. The average molecular weight is 324 g/mol. The molecular formula is C15H22BrN3.